The van der Waals surface area contributed by atoms with Crippen LogP contribution in [0.5, 0.6) is 0 Å². The number of aldehydes is 1. The fourth-order valence-corrected chi connectivity index (χ4v) is 3.62. The second kappa shape index (κ2) is 14.3. The summed E-state index contributed by atoms with van der Waals surface area (Å²) < 4.78 is 4.25. The Bertz CT molecular complexity index is 1220. The standard InChI is InChI=1S/C12H14ClN3O.C7H10N2O.C5H3ClIN/c1-3-8-7-10(16(2)15-8)11(17)9-5-4-6-14-12(9)13;1-3-6-4-7(5-10)9(2)8-6;6-5-4(7)2-1-3-8-5/h4-7,11,17H,3H2,1-2H3;4-5H,3H2,1-2H3;1-3H. The van der Waals surface area contributed by atoms with Crippen molar-refractivity contribution < 1.29 is 9.90 Å². The molecule has 0 radical (unpaired) electrons. The molecule has 0 aromatic carbocycles. The van der Waals surface area contributed by atoms with E-state index < -0.39 is 6.10 Å². The van der Waals surface area contributed by atoms with Gasteiger partial charge in [0.05, 0.1) is 20.7 Å². The molecule has 35 heavy (non-hydrogen) atoms. The van der Waals surface area contributed by atoms with E-state index in [-0.39, 0.29) is 0 Å². The lowest BCUT2D eigenvalue weighted by Gasteiger charge is -2.11. The Labute approximate surface area is 228 Å². The summed E-state index contributed by atoms with van der Waals surface area (Å²) in [5.74, 6) is 0. The van der Waals surface area contributed by atoms with Crippen molar-refractivity contribution in [2.45, 2.75) is 32.8 Å². The van der Waals surface area contributed by atoms with Crippen molar-refractivity contribution in [3.8, 4) is 0 Å². The molecule has 186 valence electrons. The van der Waals surface area contributed by atoms with Gasteiger partial charge in [-0.05, 0) is 65.8 Å². The molecule has 1 unspecified atom stereocenters. The Hall–Kier alpha value is -2.34. The smallest absolute Gasteiger partial charge is 0.168 e. The zero-order valence-electron chi connectivity index (χ0n) is 19.9. The molecule has 0 fully saturated rings. The van der Waals surface area contributed by atoms with Gasteiger partial charge in [-0.2, -0.15) is 10.2 Å². The normalized spacial score (nSPS) is 11.1. The van der Waals surface area contributed by atoms with Crippen LogP contribution in [0.2, 0.25) is 10.3 Å². The maximum atomic E-state index is 10.3. The summed E-state index contributed by atoms with van der Waals surface area (Å²) in [5, 5.41) is 19.6. The van der Waals surface area contributed by atoms with Crippen molar-refractivity contribution >= 4 is 52.1 Å². The van der Waals surface area contributed by atoms with Gasteiger partial charge >= 0.3 is 0 Å². The van der Waals surface area contributed by atoms with Crippen molar-refractivity contribution in [3.05, 3.63) is 91.0 Å². The summed E-state index contributed by atoms with van der Waals surface area (Å²) in [6.07, 6.45) is 4.99. The minimum absolute atomic E-state index is 0.319. The Balaban J connectivity index is 0.000000204. The van der Waals surface area contributed by atoms with E-state index in [4.69, 9.17) is 23.2 Å². The Morgan fingerprint density at radius 3 is 1.97 bits per heavy atom. The van der Waals surface area contributed by atoms with Gasteiger partial charge in [0.2, 0.25) is 0 Å². The van der Waals surface area contributed by atoms with E-state index in [1.54, 1.807) is 47.0 Å². The minimum Gasteiger partial charge on any atom is -0.382 e. The Morgan fingerprint density at radius 1 is 0.971 bits per heavy atom. The Kier molecular flexibility index (Phi) is 11.8. The lowest BCUT2D eigenvalue weighted by atomic mass is 10.1. The first kappa shape index (κ1) is 28.9. The van der Waals surface area contributed by atoms with Crippen molar-refractivity contribution in [3.63, 3.8) is 0 Å². The highest BCUT2D eigenvalue weighted by Crippen LogP contribution is 2.26. The third kappa shape index (κ3) is 8.38. The molecule has 4 aromatic heterocycles. The zero-order chi connectivity index (χ0) is 26.0. The van der Waals surface area contributed by atoms with Gasteiger partial charge < -0.3 is 5.11 Å². The first-order chi connectivity index (χ1) is 16.7. The number of halogens is 3. The van der Waals surface area contributed by atoms with Crippen LogP contribution in [0.4, 0.5) is 0 Å². The molecule has 8 nitrogen and oxygen atoms in total. The third-order valence-corrected chi connectivity index (χ3v) is 6.66. The van der Waals surface area contributed by atoms with Crippen LogP contribution in [0.1, 0.15) is 53.1 Å². The second-order valence-corrected chi connectivity index (χ2v) is 9.13. The largest absolute Gasteiger partial charge is 0.382 e. The molecule has 0 saturated heterocycles. The molecule has 4 aromatic rings. The topological polar surface area (TPSA) is 98.7 Å². The molecule has 4 rings (SSSR count). The number of rotatable bonds is 5. The number of aryl methyl sites for hydroxylation is 4. The number of carbonyl (C=O) groups excluding carboxylic acids is 1. The quantitative estimate of drug-likeness (QED) is 0.184. The minimum atomic E-state index is -0.797. The molecule has 0 aliphatic rings. The molecule has 11 heteroatoms. The fourth-order valence-electron chi connectivity index (χ4n) is 2.93. The van der Waals surface area contributed by atoms with Gasteiger partial charge in [0, 0.05) is 32.1 Å². The van der Waals surface area contributed by atoms with Crippen LogP contribution in [0.15, 0.2) is 48.8 Å². The van der Waals surface area contributed by atoms with E-state index in [1.807, 2.05) is 39.1 Å². The molecule has 0 bridgehead atoms. The molecular weight excluding hydrogens is 602 g/mol. The highest BCUT2D eigenvalue weighted by molar-refractivity contribution is 14.1. The Morgan fingerprint density at radius 2 is 1.54 bits per heavy atom. The molecule has 0 saturated carbocycles. The molecular formula is C24H27Cl2IN6O2. The van der Waals surface area contributed by atoms with Gasteiger partial charge in [0.15, 0.2) is 6.29 Å². The number of aromatic nitrogens is 6. The van der Waals surface area contributed by atoms with Crippen LogP contribution in [0, 0.1) is 3.57 Å². The van der Waals surface area contributed by atoms with E-state index in [0.717, 1.165) is 39.8 Å². The van der Waals surface area contributed by atoms with Gasteiger partial charge in [-0.15, -0.1) is 0 Å². The van der Waals surface area contributed by atoms with Crippen LogP contribution >= 0.6 is 45.8 Å². The van der Waals surface area contributed by atoms with Crippen LogP contribution in [-0.2, 0) is 26.9 Å². The molecule has 0 aliphatic heterocycles. The molecule has 0 amide bonds. The number of aliphatic hydroxyl groups excluding tert-OH is 1. The van der Waals surface area contributed by atoms with Gasteiger partial charge in [0.1, 0.15) is 22.1 Å². The highest BCUT2D eigenvalue weighted by Gasteiger charge is 2.18. The average Bonchev–Trinajstić information content (AvgIpc) is 3.43. The van der Waals surface area contributed by atoms with Crippen LogP contribution in [0.3, 0.4) is 0 Å². The number of hydrogen-bond acceptors (Lipinski definition) is 6. The van der Waals surface area contributed by atoms with Gasteiger partial charge in [-0.1, -0.05) is 43.1 Å². The first-order valence-electron chi connectivity index (χ1n) is 10.8. The van der Waals surface area contributed by atoms with Gasteiger partial charge in [0.25, 0.3) is 0 Å². The van der Waals surface area contributed by atoms with E-state index >= 15 is 0 Å². The SMILES string of the molecule is CCc1cc(C(O)c2cccnc2Cl)n(C)n1.CCc1cc(C=O)n(C)n1.Clc1ncccc1I. The zero-order valence-corrected chi connectivity index (χ0v) is 23.5. The third-order valence-electron chi connectivity index (χ3n) is 4.85. The second-order valence-electron chi connectivity index (χ2n) is 7.26. The number of carbonyl (C=O) groups is 1. The van der Waals surface area contributed by atoms with Crippen LogP contribution in [0.25, 0.3) is 0 Å². The van der Waals surface area contributed by atoms with E-state index in [0.29, 0.717) is 21.6 Å². The maximum absolute atomic E-state index is 10.3. The van der Waals surface area contributed by atoms with Crippen molar-refractivity contribution in [2.24, 2.45) is 14.1 Å². The van der Waals surface area contributed by atoms with E-state index in [1.165, 1.54) is 0 Å². The monoisotopic (exact) mass is 628 g/mol. The van der Waals surface area contributed by atoms with E-state index in [2.05, 4.69) is 42.8 Å². The first-order valence-corrected chi connectivity index (χ1v) is 12.6. The predicted octanol–water partition coefficient (Wildman–Crippen LogP) is 5.25. The molecule has 4 heterocycles. The summed E-state index contributed by atoms with van der Waals surface area (Å²) in [7, 11) is 3.57. The summed E-state index contributed by atoms with van der Waals surface area (Å²) in [4.78, 5) is 18.1. The average molecular weight is 629 g/mol. The van der Waals surface area contributed by atoms with Crippen LogP contribution < -0.4 is 0 Å². The molecule has 1 atom stereocenters. The predicted molar refractivity (Wildman–Crippen MR) is 146 cm³/mol. The van der Waals surface area contributed by atoms with Crippen molar-refractivity contribution in [1.29, 1.82) is 0 Å². The van der Waals surface area contributed by atoms with Crippen LogP contribution in [-0.4, -0.2) is 40.9 Å². The van der Waals surface area contributed by atoms with E-state index in [9.17, 15) is 9.90 Å². The molecule has 1 N–H and O–H groups in total. The summed E-state index contributed by atoms with van der Waals surface area (Å²) in [6.45, 7) is 4.03. The number of pyridine rings is 2. The maximum Gasteiger partial charge on any atom is 0.168 e. The lowest BCUT2D eigenvalue weighted by Crippen LogP contribution is -2.07. The summed E-state index contributed by atoms with van der Waals surface area (Å²) in [6, 6.07) is 11.0. The van der Waals surface area contributed by atoms with Gasteiger partial charge in [-0.3, -0.25) is 14.2 Å². The molecule has 0 aliphatic carbocycles. The summed E-state index contributed by atoms with van der Waals surface area (Å²) >= 11 is 13.7. The molecule has 0 spiro atoms. The highest BCUT2D eigenvalue weighted by atomic mass is 127. The fraction of sp³-hybridized carbons (Fsp3) is 0.292. The number of nitrogens with zero attached hydrogens (tertiary/aromatic N) is 6. The number of aliphatic hydroxyl groups is 1. The van der Waals surface area contributed by atoms with Crippen molar-refractivity contribution in [2.75, 3.05) is 0 Å². The summed E-state index contributed by atoms with van der Waals surface area (Å²) in [5.41, 5.74) is 3.86. The lowest BCUT2D eigenvalue weighted by molar-refractivity contribution is 0.111. The van der Waals surface area contributed by atoms with Gasteiger partial charge in [-0.25, -0.2) is 9.97 Å². The number of hydrogen-bond donors (Lipinski definition) is 1. The van der Waals surface area contributed by atoms with Crippen molar-refractivity contribution in [1.82, 2.24) is 29.5 Å².